The lowest BCUT2D eigenvalue weighted by Crippen LogP contribution is -2.74. The fraction of sp³-hybridized carbons (Fsp3) is 0.273. The average Bonchev–Trinajstić information content (AvgIpc) is 2.70. The van der Waals surface area contributed by atoms with E-state index >= 15 is 4.39 Å². The molecule has 0 spiro atoms. The number of aliphatic hydroxyl groups excluding tert-OH is 1. The second kappa shape index (κ2) is 7.73. The van der Waals surface area contributed by atoms with Crippen LogP contribution in [0, 0.1) is 17.7 Å². The first-order valence-electron chi connectivity index (χ1n) is 9.42. The van der Waals surface area contributed by atoms with Crippen LogP contribution < -0.4 is 10.2 Å². The number of aliphatic hydroxyl groups is 1. The van der Waals surface area contributed by atoms with Crippen molar-refractivity contribution in [1.82, 2.24) is 10.2 Å². The fourth-order valence-electron chi connectivity index (χ4n) is 3.83. The van der Waals surface area contributed by atoms with Crippen LogP contribution in [0.5, 0.6) is 0 Å². The summed E-state index contributed by atoms with van der Waals surface area (Å²) in [6, 6.07) is 11.8. The van der Waals surface area contributed by atoms with Crippen molar-refractivity contribution < 1.29 is 19.1 Å². The molecule has 8 heteroatoms. The van der Waals surface area contributed by atoms with Crippen molar-refractivity contribution in [3.05, 3.63) is 64.4 Å². The maximum atomic E-state index is 15.0. The summed E-state index contributed by atoms with van der Waals surface area (Å²) in [5.74, 6) is 4.05. The number of carbonyl (C=O) groups is 2. The van der Waals surface area contributed by atoms with Crippen LogP contribution in [0.4, 0.5) is 10.1 Å². The molecule has 2 aliphatic rings. The normalized spacial score (nSPS) is 24.0. The van der Waals surface area contributed by atoms with Crippen molar-refractivity contribution in [2.75, 3.05) is 18.0 Å². The van der Waals surface area contributed by atoms with Gasteiger partial charge in [0.25, 0.3) is 0 Å². The van der Waals surface area contributed by atoms with Gasteiger partial charge in [-0.15, -0.1) is 0 Å². The van der Waals surface area contributed by atoms with E-state index in [-0.39, 0.29) is 23.0 Å². The van der Waals surface area contributed by atoms with Gasteiger partial charge in [-0.25, -0.2) is 9.29 Å². The summed E-state index contributed by atoms with van der Waals surface area (Å²) in [4.78, 5) is 27.5. The van der Waals surface area contributed by atoms with Crippen LogP contribution in [0.25, 0.3) is 0 Å². The van der Waals surface area contributed by atoms with Gasteiger partial charge in [-0.2, -0.15) is 0 Å². The summed E-state index contributed by atoms with van der Waals surface area (Å²) in [5, 5.41) is 13.5. The first-order chi connectivity index (χ1) is 14.3. The molecule has 2 atom stereocenters. The van der Waals surface area contributed by atoms with E-state index in [2.05, 4.69) is 17.2 Å². The van der Waals surface area contributed by atoms with Crippen molar-refractivity contribution in [2.24, 2.45) is 0 Å². The molecular formula is C22H19ClFN3O3. The molecule has 2 amide bonds. The van der Waals surface area contributed by atoms with E-state index in [9.17, 15) is 14.7 Å². The summed E-state index contributed by atoms with van der Waals surface area (Å²) in [6.45, 7) is 2.21. The minimum atomic E-state index is -1.52. The van der Waals surface area contributed by atoms with Crippen LogP contribution in [-0.2, 0) is 9.59 Å². The number of halogens is 2. The zero-order valence-corrected chi connectivity index (χ0v) is 16.9. The molecule has 2 heterocycles. The highest BCUT2D eigenvalue weighted by atomic mass is 35.5. The van der Waals surface area contributed by atoms with Gasteiger partial charge in [0, 0.05) is 24.2 Å². The van der Waals surface area contributed by atoms with Crippen molar-refractivity contribution in [3.63, 3.8) is 0 Å². The average molecular weight is 428 g/mol. The van der Waals surface area contributed by atoms with Crippen LogP contribution >= 0.6 is 11.6 Å². The Morgan fingerprint density at radius 3 is 2.60 bits per heavy atom. The Hall–Kier alpha value is -2.92. The quantitative estimate of drug-likeness (QED) is 0.683. The number of carbonyl (C=O) groups excluding carboxylic acids is 2. The predicted octanol–water partition coefficient (Wildman–Crippen LogP) is 2.08. The summed E-state index contributed by atoms with van der Waals surface area (Å²) in [6.07, 6.45) is -1.73. The van der Waals surface area contributed by atoms with E-state index in [0.29, 0.717) is 18.7 Å². The Balaban J connectivity index is 1.68. The molecule has 2 unspecified atom stereocenters. The van der Waals surface area contributed by atoms with Crippen LogP contribution in [-0.4, -0.2) is 46.8 Å². The van der Waals surface area contributed by atoms with Gasteiger partial charge >= 0.3 is 0 Å². The zero-order chi connectivity index (χ0) is 21.5. The van der Waals surface area contributed by atoms with Crippen molar-refractivity contribution in [3.8, 4) is 11.8 Å². The summed E-state index contributed by atoms with van der Waals surface area (Å²) in [7, 11) is 0. The second-order valence-electron chi connectivity index (χ2n) is 7.41. The highest BCUT2D eigenvalue weighted by molar-refractivity contribution is 6.34. The number of amides is 2. The number of benzene rings is 2. The first kappa shape index (κ1) is 20.4. The molecule has 2 saturated heterocycles. The third-order valence-electron chi connectivity index (χ3n) is 5.42. The Morgan fingerprint density at radius 1 is 1.20 bits per heavy atom. The van der Waals surface area contributed by atoms with Gasteiger partial charge in [-0.3, -0.25) is 14.5 Å². The number of hydrogen-bond donors (Lipinski definition) is 2. The number of piperazine rings is 1. The van der Waals surface area contributed by atoms with Crippen molar-refractivity contribution in [2.45, 2.75) is 25.2 Å². The molecule has 154 valence electrons. The lowest BCUT2D eigenvalue weighted by molar-refractivity contribution is -0.162. The van der Waals surface area contributed by atoms with Crippen LogP contribution in [0.2, 0.25) is 5.02 Å². The molecule has 0 aromatic heterocycles. The molecule has 0 saturated carbocycles. The Morgan fingerprint density at radius 2 is 1.90 bits per heavy atom. The van der Waals surface area contributed by atoms with Crippen LogP contribution in [0.3, 0.4) is 0 Å². The smallest absolute Gasteiger partial charge is 0.240 e. The topological polar surface area (TPSA) is 72.9 Å². The zero-order valence-electron chi connectivity index (χ0n) is 16.2. The predicted molar refractivity (Wildman–Crippen MR) is 110 cm³/mol. The number of fused-ring (bicyclic) bond motifs is 1. The molecule has 4 rings (SSSR count). The standard InChI is InChI=1S/C22H19ClFN3O3/c1-22-13-18(28)27(21(30)26(22)10-9-25-20(22)29)19-16(23)11-15(12-17(19)24)8-7-14-5-3-2-4-6-14/h2-6,11-12,21,30H,9-10,13H2,1H3,(H,25,29). The third kappa shape index (κ3) is 3.43. The molecule has 0 bridgehead atoms. The van der Waals surface area contributed by atoms with E-state index in [1.54, 1.807) is 6.92 Å². The summed E-state index contributed by atoms with van der Waals surface area (Å²) in [5.41, 5.74) is -0.323. The number of anilines is 1. The van der Waals surface area contributed by atoms with E-state index < -0.39 is 23.6 Å². The lowest BCUT2D eigenvalue weighted by atomic mass is 9.89. The van der Waals surface area contributed by atoms with E-state index in [1.165, 1.54) is 17.0 Å². The molecule has 6 nitrogen and oxygen atoms in total. The molecular weight excluding hydrogens is 409 g/mol. The van der Waals surface area contributed by atoms with E-state index in [1.807, 2.05) is 30.3 Å². The molecule has 2 aliphatic heterocycles. The monoisotopic (exact) mass is 427 g/mol. The van der Waals surface area contributed by atoms with E-state index in [0.717, 1.165) is 10.5 Å². The summed E-state index contributed by atoms with van der Waals surface area (Å²) < 4.78 is 15.0. The van der Waals surface area contributed by atoms with Crippen LogP contribution in [0.15, 0.2) is 42.5 Å². The van der Waals surface area contributed by atoms with Gasteiger partial charge in [0.2, 0.25) is 11.8 Å². The van der Waals surface area contributed by atoms with Gasteiger partial charge in [0.05, 0.1) is 11.4 Å². The minimum Gasteiger partial charge on any atom is -0.360 e. The fourth-order valence-corrected chi connectivity index (χ4v) is 4.13. The molecule has 2 aromatic carbocycles. The van der Waals surface area contributed by atoms with Gasteiger partial charge < -0.3 is 10.4 Å². The highest BCUT2D eigenvalue weighted by Gasteiger charge is 2.53. The van der Waals surface area contributed by atoms with Gasteiger partial charge in [-0.05, 0) is 31.2 Å². The van der Waals surface area contributed by atoms with Gasteiger partial charge in [0.15, 0.2) is 6.35 Å². The Bertz CT molecular complexity index is 1060. The van der Waals surface area contributed by atoms with Crippen molar-refractivity contribution in [1.29, 1.82) is 0 Å². The molecule has 2 N–H and O–H groups in total. The number of nitrogens with zero attached hydrogens (tertiary/aromatic N) is 2. The minimum absolute atomic E-state index is 0.0511. The Labute approximate surface area is 178 Å². The number of rotatable bonds is 1. The highest BCUT2D eigenvalue weighted by Crippen LogP contribution is 2.38. The summed E-state index contributed by atoms with van der Waals surface area (Å²) >= 11 is 6.31. The Kier molecular flexibility index (Phi) is 5.24. The second-order valence-corrected chi connectivity index (χ2v) is 7.82. The molecule has 2 aromatic rings. The molecule has 0 radical (unpaired) electrons. The molecule has 30 heavy (non-hydrogen) atoms. The first-order valence-corrected chi connectivity index (χ1v) is 9.80. The number of nitrogens with one attached hydrogen (secondary N) is 1. The largest absolute Gasteiger partial charge is 0.360 e. The SMILES string of the molecule is CC12CC(=O)N(c3c(F)cc(C#Cc4ccccc4)cc3Cl)C(O)N1CCNC2=O. The van der Waals surface area contributed by atoms with Crippen molar-refractivity contribution >= 4 is 29.1 Å². The molecule has 0 aliphatic carbocycles. The van der Waals surface area contributed by atoms with Gasteiger partial charge in [-0.1, -0.05) is 41.6 Å². The van der Waals surface area contributed by atoms with Crippen LogP contribution in [0.1, 0.15) is 24.5 Å². The maximum Gasteiger partial charge on any atom is 0.240 e. The van der Waals surface area contributed by atoms with E-state index in [4.69, 9.17) is 11.6 Å². The maximum absolute atomic E-state index is 15.0. The van der Waals surface area contributed by atoms with Gasteiger partial charge in [0.1, 0.15) is 17.0 Å². The molecule has 2 fully saturated rings. The number of hydrogen-bond acceptors (Lipinski definition) is 4. The lowest BCUT2D eigenvalue weighted by Gasteiger charge is -2.52. The third-order valence-corrected chi connectivity index (χ3v) is 5.71.